The zero-order valence-electron chi connectivity index (χ0n) is 28.9. The first-order valence-corrected chi connectivity index (χ1v) is 17.6. The minimum atomic E-state index is -0.770. The maximum atomic E-state index is 13.3. The van der Waals surface area contributed by atoms with Gasteiger partial charge in [0.1, 0.15) is 37.3 Å². The van der Waals surface area contributed by atoms with Crippen LogP contribution < -0.4 is 10.2 Å². The van der Waals surface area contributed by atoms with E-state index in [0.29, 0.717) is 25.5 Å². The molecule has 2 heterocycles. The van der Waals surface area contributed by atoms with Crippen LogP contribution in [-0.2, 0) is 23.7 Å². The summed E-state index contributed by atoms with van der Waals surface area (Å²) in [5.41, 5.74) is 0. The summed E-state index contributed by atoms with van der Waals surface area (Å²) in [4.78, 5) is 45.6. The Morgan fingerprint density at radius 2 is 1.54 bits per heavy atom. The largest absolute Gasteiger partial charge is 0.461 e. The highest BCUT2D eigenvalue weighted by Gasteiger charge is 2.35. The minimum Gasteiger partial charge on any atom is -0.461 e. The molecule has 1 aliphatic heterocycles. The third-order valence-electron chi connectivity index (χ3n) is 8.41. The zero-order chi connectivity index (χ0) is 33.4. The third-order valence-corrected chi connectivity index (χ3v) is 8.41. The number of hydrogen-bond donors (Lipinski definition) is 1. The topological polar surface area (TPSA) is 120 Å². The fourth-order valence-electron chi connectivity index (χ4n) is 5.51. The molecule has 11 heteroatoms. The quantitative estimate of drug-likeness (QED) is 0.0769. The maximum Gasteiger partial charge on any atom is 0.415 e. The Hall–Kier alpha value is -2.92. The van der Waals surface area contributed by atoms with Crippen molar-refractivity contribution >= 4 is 24.0 Å². The molecule has 1 aromatic heterocycles. The summed E-state index contributed by atoms with van der Waals surface area (Å²) in [6.45, 7) is 5.25. The van der Waals surface area contributed by atoms with Crippen molar-refractivity contribution in [2.45, 2.75) is 128 Å². The van der Waals surface area contributed by atoms with Crippen LogP contribution in [0.5, 0.6) is 0 Å². The molecule has 1 aliphatic rings. The van der Waals surface area contributed by atoms with E-state index in [9.17, 15) is 14.4 Å². The highest BCUT2D eigenvalue weighted by molar-refractivity contribution is 5.85. The second-order valence-electron chi connectivity index (χ2n) is 12.2. The number of nitrogens with zero attached hydrogens (tertiary/aromatic N) is 3. The van der Waals surface area contributed by atoms with Crippen LogP contribution in [0.25, 0.3) is 0 Å². The minimum absolute atomic E-state index is 0.120. The molecule has 46 heavy (non-hydrogen) atoms. The lowest BCUT2D eigenvalue weighted by molar-refractivity contribution is -0.156. The number of carbonyl (C=O) groups excluding carboxylic acids is 3. The first kappa shape index (κ1) is 39.3. The van der Waals surface area contributed by atoms with Crippen molar-refractivity contribution in [3.05, 3.63) is 24.4 Å². The summed E-state index contributed by atoms with van der Waals surface area (Å²) < 4.78 is 22.2. The molecule has 1 N–H and O–H groups in total. The lowest BCUT2D eigenvalue weighted by Crippen LogP contribution is -2.58. The fourth-order valence-corrected chi connectivity index (χ4v) is 5.51. The van der Waals surface area contributed by atoms with Crippen LogP contribution in [-0.4, -0.2) is 93.3 Å². The standard InChI is InChI=1S/C35H60N4O7/c1-5-7-8-9-10-11-12-13-14-15-16-17-21-29(20-6-2)46-33(40)31-26-36-24-25-39(31)35(42)45-28-30(43-4)27-44-34(41)38(3)32-22-18-19-23-37-32/h18-19,22-23,29-31,36H,5-17,20-21,24-28H2,1-4H3. The van der Waals surface area contributed by atoms with Crippen molar-refractivity contribution in [1.29, 1.82) is 0 Å². The zero-order valence-corrected chi connectivity index (χ0v) is 28.9. The number of aromatic nitrogens is 1. The van der Waals surface area contributed by atoms with E-state index in [1.807, 2.05) is 0 Å². The van der Waals surface area contributed by atoms with Gasteiger partial charge in [0, 0.05) is 40.0 Å². The van der Waals surface area contributed by atoms with Gasteiger partial charge in [0.2, 0.25) is 0 Å². The number of anilines is 1. The number of unbranched alkanes of at least 4 members (excludes halogenated alkanes) is 11. The average molecular weight is 649 g/mol. The first-order valence-electron chi connectivity index (χ1n) is 17.6. The van der Waals surface area contributed by atoms with Crippen molar-refractivity contribution < 1.29 is 33.3 Å². The molecule has 0 bridgehead atoms. The molecule has 1 aromatic rings. The number of esters is 1. The van der Waals surface area contributed by atoms with Gasteiger partial charge in [-0.2, -0.15) is 0 Å². The van der Waals surface area contributed by atoms with Crippen LogP contribution in [0, 0.1) is 0 Å². The van der Waals surface area contributed by atoms with Crippen LogP contribution in [0.4, 0.5) is 15.4 Å². The van der Waals surface area contributed by atoms with Crippen molar-refractivity contribution in [2.24, 2.45) is 0 Å². The molecular weight excluding hydrogens is 588 g/mol. The second kappa shape index (κ2) is 24.3. The lowest BCUT2D eigenvalue weighted by Gasteiger charge is -2.34. The molecule has 0 radical (unpaired) electrons. The number of nitrogens with one attached hydrogen (secondary N) is 1. The van der Waals surface area contributed by atoms with E-state index in [-0.39, 0.29) is 19.3 Å². The summed E-state index contributed by atoms with van der Waals surface area (Å²) >= 11 is 0. The SMILES string of the molecule is CCCCCCCCCCCCCCC(CCC)OC(=O)C1CNCCN1C(=O)OCC(COC(=O)N(C)c1ccccn1)OC. The Balaban J connectivity index is 1.72. The highest BCUT2D eigenvalue weighted by Crippen LogP contribution is 2.18. The van der Waals surface area contributed by atoms with Gasteiger partial charge < -0.3 is 24.3 Å². The Kier molecular flexibility index (Phi) is 20.7. The predicted molar refractivity (Wildman–Crippen MR) is 180 cm³/mol. The fraction of sp³-hybridized carbons (Fsp3) is 0.771. The molecule has 262 valence electrons. The van der Waals surface area contributed by atoms with E-state index in [0.717, 1.165) is 32.1 Å². The number of pyridine rings is 1. The summed E-state index contributed by atoms with van der Waals surface area (Å²) in [7, 11) is 3.00. The van der Waals surface area contributed by atoms with E-state index in [4.69, 9.17) is 18.9 Å². The van der Waals surface area contributed by atoms with Gasteiger partial charge in [-0.3, -0.25) is 9.80 Å². The Labute approximate surface area is 277 Å². The predicted octanol–water partition coefficient (Wildman–Crippen LogP) is 6.88. The van der Waals surface area contributed by atoms with Gasteiger partial charge in [0.25, 0.3) is 0 Å². The van der Waals surface area contributed by atoms with E-state index < -0.39 is 30.3 Å². The average Bonchev–Trinajstić information content (AvgIpc) is 3.08. The van der Waals surface area contributed by atoms with Crippen LogP contribution >= 0.6 is 0 Å². The molecule has 0 spiro atoms. The van der Waals surface area contributed by atoms with Gasteiger partial charge in [-0.05, 0) is 31.4 Å². The van der Waals surface area contributed by atoms with E-state index in [1.165, 1.54) is 81.1 Å². The Morgan fingerprint density at radius 3 is 2.15 bits per heavy atom. The highest BCUT2D eigenvalue weighted by atomic mass is 16.6. The molecule has 1 saturated heterocycles. The van der Waals surface area contributed by atoms with Gasteiger partial charge in [-0.15, -0.1) is 0 Å². The smallest absolute Gasteiger partial charge is 0.415 e. The number of rotatable bonds is 23. The van der Waals surface area contributed by atoms with Crippen LogP contribution in [0.2, 0.25) is 0 Å². The lowest BCUT2D eigenvalue weighted by atomic mass is 10.0. The number of ether oxygens (including phenoxy) is 4. The Morgan fingerprint density at radius 1 is 0.891 bits per heavy atom. The number of hydrogen-bond acceptors (Lipinski definition) is 9. The molecule has 0 aromatic carbocycles. The molecule has 0 saturated carbocycles. The molecule has 0 aliphatic carbocycles. The summed E-state index contributed by atoms with van der Waals surface area (Å²) in [6, 6.07) is 4.45. The summed E-state index contributed by atoms with van der Waals surface area (Å²) in [5.74, 6) is 0.0381. The molecular formula is C35H60N4O7. The van der Waals surface area contributed by atoms with Gasteiger partial charge >= 0.3 is 18.2 Å². The monoisotopic (exact) mass is 648 g/mol. The normalized spacial score (nSPS) is 16.0. The second-order valence-corrected chi connectivity index (χ2v) is 12.2. The summed E-state index contributed by atoms with van der Waals surface area (Å²) in [6.07, 6.45) is 17.5. The van der Waals surface area contributed by atoms with Crippen molar-refractivity contribution in [3.63, 3.8) is 0 Å². The van der Waals surface area contributed by atoms with Gasteiger partial charge in [-0.1, -0.05) is 97.0 Å². The molecule has 1 fully saturated rings. The van der Waals surface area contributed by atoms with Crippen molar-refractivity contribution in [2.75, 3.05) is 51.9 Å². The van der Waals surface area contributed by atoms with E-state index >= 15 is 0 Å². The number of methoxy groups -OCH3 is 1. The molecule has 2 rings (SSSR count). The van der Waals surface area contributed by atoms with Gasteiger partial charge in [0.05, 0.1) is 0 Å². The van der Waals surface area contributed by atoms with E-state index in [2.05, 4.69) is 24.1 Å². The first-order chi connectivity index (χ1) is 22.4. The van der Waals surface area contributed by atoms with Crippen molar-refractivity contribution in [1.82, 2.24) is 15.2 Å². The van der Waals surface area contributed by atoms with Crippen molar-refractivity contribution in [3.8, 4) is 0 Å². The molecule has 3 unspecified atom stereocenters. The third kappa shape index (κ3) is 15.6. The maximum absolute atomic E-state index is 13.3. The van der Waals surface area contributed by atoms with Crippen LogP contribution in [0.3, 0.4) is 0 Å². The Bertz CT molecular complexity index is 968. The van der Waals surface area contributed by atoms with Gasteiger partial charge in [-0.25, -0.2) is 19.4 Å². The number of amides is 2. The number of carbonyl (C=O) groups is 3. The number of piperazine rings is 1. The summed E-state index contributed by atoms with van der Waals surface area (Å²) in [5, 5.41) is 3.19. The van der Waals surface area contributed by atoms with E-state index in [1.54, 1.807) is 31.4 Å². The van der Waals surface area contributed by atoms with Crippen LogP contribution in [0.1, 0.15) is 110 Å². The van der Waals surface area contributed by atoms with Gasteiger partial charge in [0.15, 0.2) is 0 Å². The van der Waals surface area contributed by atoms with Crippen LogP contribution in [0.15, 0.2) is 24.4 Å². The molecule has 3 atom stereocenters. The molecule has 11 nitrogen and oxygen atoms in total. The molecule has 2 amide bonds.